The van der Waals surface area contributed by atoms with E-state index in [0.717, 1.165) is 0 Å². The number of nitrogens with one attached hydrogen (secondary N) is 1. The third-order valence-electron chi connectivity index (χ3n) is 1.13. The van der Waals surface area contributed by atoms with Gasteiger partial charge in [-0.25, -0.2) is 0 Å². The fraction of sp³-hybridized carbons (Fsp3) is 0.625. The minimum absolute atomic E-state index is 0.0411. The number of hydrogen-bond acceptors (Lipinski definition) is 3. The highest BCUT2D eigenvalue weighted by Gasteiger charge is 2.05. The third-order valence-corrected chi connectivity index (χ3v) is 1.13. The van der Waals surface area contributed by atoms with Crippen LogP contribution in [0.5, 0.6) is 0 Å². The lowest BCUT2D eigenvalue weighted by molar-refractivity contribution is -0.117. The number of aliphatic hydroxyl groups is 1. The Bertz CT molecular complexity index is 188. The van der Waals surface area contributed by atoms with Gasteiger partial charge in [0.2, 0.25) is 0 Å². The van der Waals surface area contributed by atoms with Crippen LogP contribution >= 0.6 is 0 Å². The lowest BCUT2D eigenvalue weighted by atomic mass is 10.2. The molecule has 0 heterocycles. The molecule has 0 radical (unpaired) electrons. The Hall–Kier alpha value is -0.850. The van der Waals surface area contributed by atoms with Crippen molar-refractivity contribution in [3.8, 4) is 11.8 Å². The zero-order valence-electron chi connectivity index (χ0n) is 7.01. The van der Waals surface area contributed by atoms with Crippen LogP contribution in [0, 0.1) is 11.8 Å². The Morgan fingerprint density at radius 2 is 2.09 bits per heavy atom. The summed E-state index contributed by atoms with van der Waals surface area (Å²) in [6.45, 7) is 3.01. The van der Waals surface area contributed by atoms with E-state index in [2.05, 4.69) is 17.2 Å². The van der Waals surface area contributed by atoms with Crippen molar-refractivity contribution in [2.75, 3.05) is 7.05 Å². The molecular formula is C8H13NO2. The van der Waals surface area contributed by atoms with E-state index in [4.69, 9.17) is 5.11 Å². The van der Waals surface area contributed by atoms with E-state index in [1.54, 1.807) is 14.0 Å². The maximum atomic E-state index is 10.7. The standard InChI is InChI=1S/C8H13NO2/c1-6(10)4-5-8(9-3)7(2)11/h6,8-10H,1-3H3/t6?,8-/m1/s1. The summed E-state index contributed by atoms with van der Waals surface area (Å²) < 4.78 is 0. The summed E-state index contributed by atoms with van der Waals surface area (Å²) in [6.07, 6.45) is -0.676. The number of rotatable bonds is 2. The predicted octanol–water partition coefficient (Wildman–Crippen LogP) is -0.452. The molecule has 0 amide bonds. The van der Waals surface area contributed by atoms with Crippen LogP contribution in [0.15, 0.2) is 0 Å². The minimum atomic E-state index is -0.676. The molecule has 0 bridgehead atoms. The predicted molar refractivity (Wildman–Crippen MR) is 43.0 cm³/mol. The second-order valence-corrected chi connectivity index (χ2v) is 2.30. The average Bonchev–Trinajstić information content (AvgIpc) is 1.87. The third kappa shape index (κ3) is 4.54. The van der Waals surface area contributed by atoms with E-state index in [1.807, 2.05) is 0 Å². The Balaban J connectivity index is 4.11. The zero-order chi connectivity index (χ0) is 8.85. The van der Waals surface area contributed by atoms with Crippen molar-refractivity contribution in [3.63, 3.8) is 0 Å². The molecule has 2 atom stereocenters. The van der Waals surface area contributed by atoms with Gasteiger partial charge in [-0.15, -0.1) is 0 Å². The highest BCUT2D eigenvalue weighted by Crippen LogP contribution is 1.82. The van der Waals surface area contributed by atoms with Crippen LogP contribution in [0.3, 0.4) is 0 Å². The molecule has 0 saturated carbocycles. The molecular weight excluding hydrogens is 142 g/mol. The van der Waals surface area contributed by atoms with Gasteiger partial charge in [-0.3, -0.25) is 4.79 Å². The van der Waals surface area contributed by atoms with Crippen LogP contribution in [0.4, 0.5) is 0 Å². The van der Waals surface area contributed by atoms with Crippen molar-refractivity contribution in [1.29, 1.82) is 0 Å². The number of carbonyl (C=O) groups excluding carboxylic acids is 1. The molecule has 0 aliphatic rings. The molecule has 0 aromatic carbocycles. The number of hydrogen-bond donors (Lipinski definition) is 2. The molecule has 1 unspecified atom stereocenters. The summed E-state index contributed by atoms with van der Waals surface area (Å²) in [4.78, 5) is 10.7. The topological polar surface area (TPSA) is 49.3 Å². The zero-order valence-corrected chi connectivity index (χ0v) is 7.01. The van der Waals surface area contributed by atoms with Crippen LogP contribution in [-0.4, -0.2) is 30.1 Å². The van der Waals surface area contributed by atoms with E-state index in [1.165, 1.54) is 6.92 Å². The molecule has 0 aromatic rings. The van der Waals surface area contributed by atoms with E-state index >= 15 is 0 Å². The van der Waals surface area contributed by atoms with Crippen molar-refractivity contribution in [2.45, 2.75) is 26.0 Å². The highest BCUT2D eigenvalue weighted by atomic mass is 16.3. The number of ketones is 1. The summed E-state index contributed by atoms with van der Waals surface area (Å²) in [5.74, 6) is 5.07. The molecule has 0 fully saturated rings. The molecule has 2 N–H and O–H groups in total. The number of aliphatic hydroxyl groups excluding tert-OH is 1. The summed E-state index contributed by atoms with van der Waals surface area (Å²) in [5.41, 5.74) is 0. The first-order chi connectivity index (χ1) is 5.07. The second kappa shape index (κ2) is 4.89. The van der Waals surface area contributed by atoms with Crippen molar-refractivity contribution >= 4 is 5.78 Å². The van der Waals surface area contributed by atoms with Crippen molar-refractivity contribution in [3.05, 3.63) is 0 Å². The number of Topliss-reactive ketones (excluding diaryl/α,β-unsaturated/α-hetero) is 1. The van der Waals surface area contributed by atoms with E-state index in [0.29, 0.717) is 0 Å². The first kappa shape index (κ1) is 10.2. The SMILES string of the molecule is CN[C@H](C#CC(C)O)C(C)=O. The van der Waals surface area contributed by atoms with Gasteiger partial charge in [-0.05, 0) is 20.9 Å². The van der Waals surface area contributed by atoms with Crippen molar-refractivity contribution in [2.24, 2.45) is 0 Å². The molecule has 0 saturated heterocycles. The Morgan fingerprint density at radius 3 is 2.36 bits per heavy atom. The van der Waals surface area contributed by atoms with Gasteiger partial charge < -0.3 is 10.4 Å². The van der Waals surface area contributed by atoms with Crippen LogP contribution in [0.1, 0.15) is 13.8 Å². The monoisotopic (exact) mass is 155 g/mol. The average molecular weight is 155 g/mol. The lowest BCUT2D eigenvalue weighted by Crippen LogP contribution is -2.30. The van der Waals surface area contributed by atoms with Crippen LogP contribution < -0.4 is 5.32 Å². The fourth-order valence-corrected chi connectivity index (χ4v) is 0.581. The summed E-state index contributed by atoms with van der Waals surface area (Å²) in [5, 5.41) is 11.5. The molecule has 11 heavy (non-hydrogen) atoms. The molecule has 3 heteroatoms. The summed E-state index contributed by atoms with van der Waals surface area (Å²) >= 11 is 0. The molecule has 0 aromatic heterocycles. The van der Waals surface area contributed by atoms with Crippen molar-refractivity contribution < 1.29 is 9.90 Å². The first-order valence-electron chi connectivity index (χ1n) is 3.44. The fourth-order valence-electron chi connectivity index (χ4n) is 0.581. The summed E-state index contributed by atoms with van der Waals surface area (Å²) in [7, 11) is 1.66. The number of carbonyl (C=O) groups is 1. The second-order valence-electron chi connectivity index (χ2n) is 2.30. The van der Waals surface area contributed by atoms with E-state index < -0.39 is 12.1 Å². The van der Waals surface area contributed by atoms with Gasteiger partial charge in [0, 0.05) is 0 Å². The van der Waals surface area contributed by atoms with Gasteiger partial charge in [-0.1, -0.05) is 11.8 Å². The highest BCUT2D eigenvalue weighted by molar-refractivity contribution is 5.84. The van der Waals surface area contributed by atoms with Gasteiger partial charge in [0.25, 0.3) is 0 Å². The Labute approximate surface area is 66.8 Å². The molecule has 3 nitrogen and oxygen atoms in total. The van der Waals surface area contributed by atoms with Crippen LogP contribution in [0.25, 0.3) is 0 Å². The maximum Gasteiger partial charge on any atom is 0.158 e. The summed E-state index contributed by atoms with van der Waals surface area (Å²) in [6, 6.07) is -0.454. The Kier molecular flexibility index (Phi) is 4.51. The molecule has 0 spiro atoms. The Morgan fingerprint density at radius 1 is 1.55 bits per heavy atom. The quantitative estimate of drug-likeness (QED) is 0.531. The maximum absolute atomic E-state index is 10.7. The molecule has 62 valence electrons. The number of likely N-dealkylation sites (N-methyl/N-ethyl adjacent to an activating group) is 1. The van der Waals surface area contributed by atoms with E-state index in [-0.39, 0.29) is 5.78 Å². The van der Waals surface area contributed by atoms with Crippen molar-refractivity contribution in [1.82, 2.24) is 5.32 Å². The van der Waals surface area contributed by atoms with Gasteiger partial charge >= 0.3 is 0 Å². The van der Waals surface area contributed by atoms with Gasteiger partial charge in [0.1, 0.15) is 12.1 Å². The van der Waals surface area contributed by atoms with Crippen LogP contribution in [0.2, 0.25) is 0 Å². The van der Waals surface area contributed by atoms with Gasteiger partial charge in [0.05, 0.1) is 0 Å². The molecule has 0 rings (SSSR count). The minimum Gasteiger partial charge on any atom is -0.381 e. The normalized spacial score (nSPS) is 14.5. The van der Waals surface area contributed by atoms with Crippen LogP contribution in [-0.2, 0) is 4.79 Å². The lowest BCUT2D eigenvalue weighted by Gasteiger charge is -2.02. The first-order valence-corrected chi connectivity index (χ1v) is 3.44. The molecule has 0 aliphatic heterocycles. The van der Waals surface area contributed by atoms with Gasteiger partial charge in [0.15, 0.2) is 5.78 Å². The molecule has 0 aliphatic carbocycles. The van der Waals surface area contributed by atoms with E-state index in [9.17, 15) is 4.79 Å². The largest absolute Gasteiger partial charge is 0.381 e. The smallest absolute Gasteiger partial charge is 0.158 e. The van der Waals surface area contributed by atoms with Gasteiger partial charge in [-0.2, -0.15) is 0 Å².